The summed E-state index contributed by atoms with van der Waals surface area (Å²) in [5.74, 6) is -0.838. The van der Waals surface area contributed by atoms with Crippen molar-refractivity contribution in [1.29, 1.82) is 0 Å². The van der Waals surface area contributed by atoms with Crippen LogP contribution >= 0.6 is 23.2 Å². The summed E-state index contributed by atoms with van der Waals surface area (Å²) < 4.78 is 41.5. The zero-order chi connectivity index (χ0) is 17.5. The fraction of sp³-hybridized carbons (Fsp3) is 0.0667. The third-order valence-corrected chi connectivity index (χ3v) is 5.47. The molecule has 0 saturated carbocycles. The van der Waals surface area contributed by atoms with Crippen LogP contribution in [0.1, 0.15) is 5.56 Å². The molecule has 0 amide bonds. The molecule has 0 saturated heterocycles. The van der Waals surface area contributed by atoms with Gasteiger partial charge in [0.1, 0.15) is 10.7 Å². The Kier molecular flexibility index (Phi) is 4.44. The average molecular weight is 389 g/mol. The smallest absolute Gasteiger partial charge is 0.264 e. The number of aliphatic hydroxyl groups is 1. The maximum absolute atomic E-state index is 14.0. The molecule has 9 heteroatoms. The predicted molar refractivity (Wildman–Crippen MR) is 91.5 cm³/mol. The first kappa shape index (κ1) is 17.0. The summed E-state index contributed by atoms with van der Waals surface area (Å²) in [4.78, 5) is 2.73. The van der Waals surface area contributed by atoms with E-state index in [0.29, 0.717) is 15.9 Å². The van der Waals surface area contributed by atoms with Gasteiger partial charge in [0.05, 0.1) is 12.3 Å². The largest absolute Gasteiger partial charge is 0.392 e. The molecule has 0 spiro atoms. The average Bonchev–Trinajstić information content (AvgIpc) is 2.95. The molecule has 1 heterocycles. The van der Waals surface area contributed by atoms with Crippen molar-refractivity contribution >= 4 is 49.8 Å². The number of aliphatic hydroxyl groups excluding tert-OH is 1. The molecule has 3 N–H and O–H groups in total. The minimum Gasteiger partial charge on any atom is -0.392 e. The first-order valence-electron chi connectivity index (χ1n) is 6.70. The Morgan fingerprint density at radius 1 is 1.21 bits per heavy atom. The number of aromatic amines is 1. The Hall–Kier alpha value is -1.80. The first-order valence-corrected chi connectivity index (χ1v) is 8.94. The van der Waals surface area contributed by atoms with Crippen LogP contribution in [0.5, 0.6) is 0 Å². The maximum atomic E-state index is 14.0. The third kappa shape index (κ3) is 2.95. The van der Waals surface area contributed by atoms with Gasteiger partial charge in [0.2, 0.25) is 0 Å². The standard InChI is InChI=1S/C15H11Cl2FN2O3S/c16-8-1-2-9-13(5-8)19-6-14(9)24(22,23)20-15-10(7-21)11(17)3-4-12(15)18/h1-6,19-21H,7H2. The number of benzene rings is 2. The minimum atomic E-state index is -4.12. The van der Waals surface area contributed by atoms with Gasteiger partial charge in [-0.25, -0.2) is 12.8 Å². The number of hydrogen-bond donors (Lipinski definition) is 3. The Morgan fingerprint density at radius 3 is 2.67 bits per heavy atom. The summed E-state index contributed by atoms with van der Waals surface area (Å²) in [7, 11) is -4.12. The predicted octanol–water partition coefficient (Wildman–Crippen LogP) is 3.91. The molecule has 0 fully saturated rings. The van der Waals surface area contributed by atoms with E-state index in [-0.39, 0.29) is 21.2 Å². The van der Waals surface area contributed by atoms with Crippen LogP contribution in [0, 0.1) is 5.82 Å². The van der Waals surface area contributed by atoms with Gasteiger partial charge in [0.15, 0.2) is 0 Å². The molecule has 126 valence electrons. The minimum absolute atomic E-state index is 0.0388. The van der Waals surface area contributed by atoms with Gasteiger partial charge in [0.25, 0.3) is 10.0 Å². The molecule has 3 rings (SSSR count). The van der Waals surface area contributed by atoms with Gasteiger partial charge in [-0.3, -0.25) is 4.72 Å². The van der Waals surface area contributed by atoms with E-state index >= 15 is 0 Å². The quantitative estimate of drug-likeness (QED) is 0.633. The first-order chi connectivity index (χ1) is 11.3. The lowest BCUT2D eigenvalue weighted by molar-refractivity contribution is 0.282. The van der Waals surface area contributed by atoms with Crippen LogP contribution in [0.2, 0.25) is 10.0 Å². The number of rotatable bonds is 4. The number of hydrogen-bond acceptors (Lipinski definition) is 3. The highest BCUT2D eigenvalue weighted by atomic mass is 35.5. The highest BCUT2D eigenvalue weighted by Gasteiger charge is 2.23. The normalized spacial score (nSPS) is 11.8. The highest BCUT2D eigenvalue weighted by molar-refractivity contribution is 7.93. The second-order valence-corrected chi connectivity index (χ2v) is 7.48. The van der Waals surface area contributed by atoms with Crippen LogP contribution in [0.4, 0.5) is 10.1 Å². The van der Waals surface area contributed by atoms with Gasteiger partial charge in [-0.2, -0.15) is 0 Å². The number of H-pyrrole nitrogens is 1. The third-order valence-electron chi connectivity index (χ3n) is 3.49. The highest BCUT2D eigenvalue weighted by Crippen LogP contribution is 2.31. The topological polar surface area (TPSA) is 82.2 Å². The molecule has 0 aliphatic carbocycles. The molecule has 0 aliphatic heterocycles. The molecule has 0 radical (unpaired) electrons. The second-order valence-electron chi connectivity index (χ2n) is 4.99. The molecule has 0 atom stereocenters. The molecule has 5 nitrogen and oxygen atoms in total. The zero-order valence-corrected chi connectivity index (χ0v) is 14.3. The van der Waals surface area contributed by atoms with E-state index in [2.05, 4.69) is 9.71 Å². The Labute approximate surface area is 147 Å². The number of halogens is 3. The molecular weight excluding hydrogens is 378 g/mol. The number of fused-ring (bicyclic) bond motifs is 1. The molecule has 2 aromatic carbocycles. The Bertz CT molecular complexity index is 1030. The van der Waals surface area contributed by atoms with E-state index in [9.17, 15) is 17.9 Å². The number of sulfonamides is 1. The van der Waals surface area contributed by atoms with Crippen molar-refractivity contribution in [3.63, 3.8) is 0 Å². The SMILES string of the molecule is O=S(=O)(Nc1c(F)ccc(Cl)c1CO)c1c[nH]c2cc(Cl)ccc12. The number of anilines is 1. The van der Waals surface area contributed by atoms with Crippen molar-refractivity contribution < 1.29 is 17.9 Å². The number of aromatic nitrogens is 1. The molecule has 3 aromatic rings. The van der Waals surface area contributed by atoms with E-state index in [1.54, 1.807) is 18.2 Å². The summed E-state index contributed by atoms with van der Waals surface area (Å²) in [6.45, 7) is -0.613. The molecular formula is C15H11Cl2FN2O3S. The van der Waals surface area contributed by atoms with Crippen LogP contribution in [0.3, 0.4) is 0 Å². The van der Waals surface area contributed by atoms with E-state index < -0.39 is 22.4 Å². The van der Waals surface area contributed by atoms with Crippen molar-refractivity contribution in [3.8, 4) is 0 Å². The summed E-state index contributed by atoms with van der Waals surface area (Å²) in [6, 6.07) is 6.94. The molecule has 0 bridgehead atoms. The fourth-order valence-corrected chi connectivity index (χ4v) is 4.01. The van der Waals surface area contributed by atoms with Gasteiger partial charge in [0, 0.05) is 32.7 Å². The molecule has 1 aromatic heterocycles. The van der Waals surface area contributed by atoms with E-state index in [4.69, 9.17) is 23.2 Å². The molecule has 0 unspecified atom stereocenters. The van der Waals surface area contributed by atoms with Crippen LogP contribution < -0.4 is 4.72 Å². The summed E-state index contributed by atoms with van der Waals surface area (Å²) in [5, 5.41) is 10.3. The maximum Gasteiger partial charge on any atom is 0.264 e. The van der Waals surface area contributed by atoms with Crippen molar-refractivity contribution in [2.75, 3.05) is 4.72 Å². The summed E-state index contributed by atoms with van der Waals surface area (Å²) in [5.41, 5.74) is 0.105. The van der Waals surface area contributed by atoms with Crippen molar-refractivity contribution in [3.05, 3.63) is 58.0 Å². The van der Waals surface area contributed by atoms with Gasteiger partial charge >= 0.3 is 0 Å². The lowest BCUT2D eigenvalue weighted by Crippen LogP contribution is -2.15. The van der Waals surface area contributed by atoms with Crippen LogP contribution in [0.15, 0.2) is 41.4 Å². The van der Waals surface area contributed by atoms with Crippen LogP contribution in [-0.2, 0) is 16.6 Å². The van der Waals surface area contributed by atoms with Crippen LogP contribution in [-0.4, -0.2) is 18.5 Å². The van der Waals surface area contributed by atoms with Gasteiger partial charge in [-0.15, -0.1) is 0 Å². The van der Waals surface area contributed by atoms with Gasteiger partial charge in [-0.1, -0.05) is 23.2 Å². The molecule has 24 heavy (non-hydrogen) atoms. The monoisotopic (exact) mass is 388 g/mol. The van der Waals surface area contributed by atoms with Crippen molar-refractivity contribution in [2.24, 2.45) is 0 Å². The van der Waals surface area contributed by atoms with E-state index in [1.807, 2.05) is 0 Å². The van der Waals surface area contributed by atoms with Gasteiger partial charge in [-0.05, 0) is 30.3 Å². The second kappa shape index (κ2) is 6.25. The molecule has 0 aliphatic rings. The summed E-state index contributed by atoms with van der Waals surface area (Å²) >= 11 is 11.8. The Morgan fingerprint density at radius 2 is 1.96 bits per heavy atom. The fourth-order valence-electron chi connectivity index (χ4n) is 2.34. The van der Waals surface area contributed by atoms with Gasteiger partial charge < -0.3 is 10.1 Å². The van der Waals surface area contributed by atoms with Crippen LogP contribution in [0.25, 0.3) is 10.9 Å². The van der Waals surface area contributed by atoms with E-state index in [1.165, 1.54) is 12.3 Å². The number of nitrogens with one attached hydrogen (secondary N) is 2. The lowest BCUT2D eigenvalue weighted by Gasteiger charge is -2.13. The zero-order valence-electron chi connectivity index (χ0n) is 12.0. The van der Waals surface area contributed by atoms with Crippen molar-refractivity contribution in [2.45, 2.75) is 11.5 Å². The summed E-state index contributed by atoms with van der Waals surface area (Å²) in [6.07, 6.45) is 1.28. The lowest BCUT2D eigenvalue weighted by atomic mass is 10.2. The van der Waals surface area contributed by atoms with E-state index in [0.717, 1.165) is 6.07 Å². The van der Waals surface area contributed by atoms with Crippen molar-refractivity contribution in [1.82, 2.24) is 4.98 Å². The Balaban J connectivity index is 2.11.